The Labute approximate surface area is 154 Å². The highest BCUT2D eigenvalue weighted by Gasteiger charge is 2.27. The lowest BCUT2D eigenvalue weighted by molar-refractivity contribution is 0.0966. The number of unbranched alkanes of at least 4 members (excludes halogenated alkanes) is 1. The molecule has 0 unspecified atom stereocenters. The van der Waals surface area contributed by atoms with Gasteiger partial charge < -0.3 is 14.2 Å². The van der Waals surface area contributed by atoms with Crippen molar-refractivity contribution < 1.29 is 9.53 Å². The summed E-state index contributed by atoms with van der Waals surface area (Å²) in [5.74, 6) is 0. The first kappa shape index (κ1) is 16.7. The fraction of sp³-hybridized carbons (Fsp3) is 0.318. The molecule has 4 rings (SSSR count). The summed E-state index contributed by atoms with van der Waals surface area (Å²) in [6.45, 7) is 3.91. The summed E-state index contributed by atoms with van der Waals surface area (Å²) in [4.78, 5) is 14.2. The van der Waals surface area contributed by atoms with E-state index >= 15 is 0 Å². The molecule has 2 heterocycles. The van der Waals surface area contributed by atoms with Crippen molar-refractivity contribution in [3.63, 3.8) is 0 Å². The number of hydrogen-bond acceptors (Lipinski definition) is 2. The third kappa shape index (κ3) is 2.96. The summed E-state index contributed by atoms with van der Waals surface area (Å²) in [5.41, 5.74) is 4.91. The van der Waals surface area contributed by atoms with Crippen LogP contribution in [0.25, 0.3) is 16.6 Å². The number of ether oxygens (including phenoxy) is 1. The zero-order valence-corrected chi connectivity index (χ0v) is 15.1. The van der Waals surface area contributed by atoms with Gasteiger partial charge in [0, 0.05) is 35.3 Å². The first-order chi connectivity index (χ1) is 12.8. The highest BCUT2D eigenvalue weighted by Crippen LogP contribution is 2.33. The van der Waals surface area contributed by atoms with E-state index in [-0.39, 0.29) is 6.09 Å². The summed E-state index contributed by atoms with van der Waals surface area (Å²) in [6.07, 6.45) is 2.59. The van der Waals surface area contributed by atoms with Crippen molar-refractivity contribution in [1.82, 2.24) is 9.47 Å². The smallest absolute Gasteiger partial charge is 0.410 e. The Balaban J connectivity index is 1.71. The molecule has 1 aliphatic heterocycles. The van der Waals surface area contributed by atoms with Crippen LogP contribution in [0, 0.1) is 0 Å². The maximum Gasteiger partial charge on any atom is 0.410 e. The molecule has 0 spiro atoms. The normalized spacial score (nSPS) is 13.7. The van der Waals surface area contributed by atoms with Crippen molar-refractivity contribution in [3.8, 4) is 5.69 Å². The van der Waals surface area contributed by atoms with E-state index in [2.05, 4.69) is 60.0 Å². The maximum absolute atomic E-state index is 12.4. The lowest BCUT2D eigenvalue weighted by Gasteiger charge is -2.27. The predicted molar refractivity (Wildman–Crippen MR) is 104 cm³/mol. The molecule has 0 atom stereocenters. The van der Waals surface area contributed by atoms with Gasteiger partial charge in [-0.1, -0.05) is 49.7 Å². The molecule has 0 aliphatic carbocycles. The van der Waals surface area contributed by atoms with Crippen LogP contribution in [-0.4, -0.2) is 28.7 Å². The van der Waals surface area contributed by atoms with Crippen molar-refractivity contribution in [3.05, 3.63) is 65.9 Å². The standard InChI is InChI=1S/C22H24N2O2/c1-2-3-15-26-22(25)23-14-13-21-19(16-23)18-11-7-8-12-20(18)24(21)17-9-5-4-6-10-17/h4-12H,2-3,13-16H2,1H3. The molecule has 1 aromatic heterocycles. The molecule has 26 heavy (non-hydrogen) atoms. The maximum atomic E-state index is 12.4. The molecule has 0 radical (unpaired) electrons. The van der Waals surface area contributed by atoms with Gasteiger partial charge in [-0.05, 0) is 24.6 Å². The number of aromatic nitrogens is 1. The molecule has 3 aromatic rings. The van der Waals surface area contributed by atoms with Gasteiger partial charge in [-0.25, -0.2) is 4.79 Å². The van der Waals surface area contributed by atoms with Gasteiger partial charge in [-0.3, -0.25) is 0 Å². The van der Waals surface area contributed by atoms with E-state index < -0.39 is 0 Å². The average Bonchev–Trinajstić information content (AvgIpc) is 3.02. The minimum atomic E-state index is -0.194. The molecular weight excluding hydrogens is 324 g/mol. The quantitative estimate of drug-likeness (QED) is 0.627. The lowest BCUT2D eigenvalue weighted by Crippen LogP contribution is -2.36. The number of carbonyl (C=O) groups excluding carboxylic acids is 1. The van der Waals surface area contributed by atoms with Gasteiger partial charge in [-0.15, -0.1) is 0 Å². The summed E-state index contributed by atoms with van der Waals surface area (Å²) in [6, 6.07) is 18.9. The van der Waals surface area contributed by atoms with Crippen LogP contribution in [0.15, 0.2) is 54.6 Å². The first-order valence-electron chi connectivity index (χ1n) is 9.38. The van der Waals surface area contributed by atoms with Crippen LogP contribution in [0.1, 0.15) is 31.0 Å². The number of fused-ring (bicyclic) bond motifs is 3. The zero-order valence-electron chi connectivity index (χ0n) is 15.1. The largest absolute Gasteiger partial charge is 0.449 e. The second-order valence-corrected chi connectivity index (χ2v) is 6.75. The van der Waals surface area contributed by atoms with Crippen molar-refractivity contribution in [2.45, 2.75) is 32.7 Å². The summed E-state index contributed by atoms with van der Waals surface area (Å²) < 4.78 is 7.76. The molecule has 1 amide bonds. The Bertz CT molecular complexity index is 915. The van der Waals surface area contributed by atoms with Crippen molar-refractivity contribution in [2.24, 2.45) is 0 Å². The van der Waals surface area contributed by atoms with Crippen molar-refractivity contribution >= 4 is 17.0 Å². The van der Waals surface area contributed by atoms with E-state index in [1.807, 2.05) is 11.0 Å². The van der Waals surface area contributed by atoms with E-state index in [4.69, 9.17) is 4.74 Å². The lowest BCUT2D eigenvalue weighted by atomic mass is 10.0. The van der Waals surface area contributed by atoms with Crippen LogP contribution in [0.2, 0.25) is 0 Å². The average molecular weight is 348 g/mol. The number of hydrogen-bond donors (Lipinski definition) is 0. The topological polar surface area (TPSA) is 34.5 Å². The monoisotopic (exact) mass is 348 g/mol. The van der Waals surface area contributed by atoms with E-state index in [0.29, 0.717) is 19.7 Å². The van der Waals surface area contributed by atoms with Crippen LogP contribution in [-0.2, 0) is 17.7 Å². The van der Waals surface area contributed by atoms with Gasteiger partial charge in [0.25, 0.3) is 0 Å². The molecule has 134 valence electrons. The minimum absolute atomic E-state index is 0.194. The van der Waals surface area contributed by atoms with Gasteiger partial charge in [-0.2, -0.15) is 0 Å². The highest BCUT2D eigenvalue weighted by molar-refractivity contribution is 5.88. The number of amides is 1. The summed E-state index contributed by atoms with van der Waals surface area (Å²) in [7, 11) is 0. The molecule has 4 nitrogen and oxygen atoms in total. The van der Waals surface area contributed by atoms with Crippen LogP contribution in [0.5, 0.6) is 0 Å². The molecule has 0 bridgehead atoms. The third-order valence-electron chi connectivity index (χ3n) is 5.05. The van der Waals surface area contributed by atoms with Crippen LogP contribution in [0.4, 0.5) is 4.79 Å². The van der Waals surface area contributed by atoms with Crippen LogP contribution < -0.4 is 0 Å². The third-order valence-corrected chi connectivity index (χ3v) is 5.05. The van der Waals surface area contributed by atoms with Crippen LogP contribution >= 0.6 is 0 Å². The van der Waals surface area contributed by atoms with E-state index in [1.165, 1.54) is 27.8 Å². The van der Waals surface area contributed by atoms with Gasteiger partial charge in [0.15, 0.2) is 0 Å². The Morgan fingerprint density at radius 1 is 1.08 bits per heavy atom. The van der Waals surface area contributed by atoms with Gasteiger partial charge >= 0.3 is 6.09 Å². The number of benzene rings is 2. The van der Waals surface area contributed by atoms with Crippen molar-refractivity contribution in [2.75, 3.05) is 13.2 Å². The SMILES string of the molecule is CCCCOC(=O)N1CCc2c(c3ccccc3n2-c2ccccc2)C1. The predicted octanol–water partition coefficient (Wildman–Crippen LogP) is 4.93. The zero-order chi connectivity index (χ0) is 17.9. The molecule has 0 saturated carbocycles. The molecule has 2 aromatic carbocycles. The van der Waals surface area contributed by atoms with Gasteiger partial charge in [0.2, 0.25) is 0 Å². The summed E-state index contributed by atoms with van der Waals surface area (Å²) >= 11 is 0. The van der Waals surface area contributed by atoms with E-state index in [9.17, 15) is 4.79 Å². The molecule has 1 aliphatic rings. The number of carbonyl (C=O) groups is 1. The van der Waals surface area contributed by atoms with Gasteiger partial charge in [0.05, 0.1) is 18.7 Å². The Kier molecular flexibility index (Phi) is 4.65. The molecule has 4 heteroatoms. The Morgan fingerprint density at radius 3 is 2.65 bits per heavy atom. The Morgan fingerprint density at radius 2 is 1.85 bits per heavy atom. The van der Waals surface area contributed by atoms with Crippen LogP contribution in [0.3, 0.4) is 0 Å². The van der Waals surface area contributed by atoms with Gasteiger partial charge in [0.1, 0.15) is 0 Å². The molecule has 0 fully saturated rings. The fourth-order valence-corrected chi connectivity index (χ4v) is 3.73. The highest BCUT2D eigenvalue weighted by atomic mass is 16.6. The second-order valence-electron chi connectivity index (χ2n) is 6.75. The number of para-hydroxylation sites is 2. The minimum Gasteiger partial charge on any atom is -0.449 e. The number of rotatable bonds is 4. The second kappa shape index (κ2) is 7.24. The molecule has 0 saturated heterocycles. The first-order valence-corrected chi connectivity index (χ1v) is 9.38. The summed E-state index contributed by atoms with van der Waals surface area (Å²) in [5, 5.41) is 1.22. The fourth-order valence-electron chi connectivity index (χ4n) is 3.73. The van der Waals surface area contributed by atoms with E-state index in [1.54, 1.807) is 0 Å². The Hall–Kier alpha value is -2.75. The molecular formula is C22H24N2O2. The molecule has 0 N–H and O–H groups in total. The van der Waals surface area contributed by atoms with Crippen molar-refractivity contribution in [1.29, 1.82) is 0 Å². The number of nitrogens with zero attached hydrogens (tertiary/aromatic N) is 2. The van der Waals surface area contributed by atoms with E-state index in [0.717, 1.165) is 19.3 Å².